The number of halogens is 1. The quantitative estimate of drug-likeness (QED) is 0.870. The minimum Gasteiger partial charge on any atom is -0.370 e. The van der Waals surface area contributed by atoms with Gasteiger partial charge in [0.15, 0.2) is 0 Å². The van der Waals surface area contributed by atoms with Crippen molar-refractivity contribution in [3.63, 3.8) is 0 Å². The Morgan fingerprint density at radius 1 is 1.10 bits per heavy atom. The van der Waals surface area contributed by atoms with Crippen molar-refractivity contribution >= 4 is 17.3 Å². The molecule has 0 aliphatic heterocycles. The molecule has 20 heavy (non-hydrogen) atoms. The molecule has 0 aliphatic carbocycles. The van der Waals surface area contributed by atoms with Crippen molar-refractivity contribution in [1.29, 1.82) is 0 Å². The van der Waals surface area contributed by atoms with Crippen molar-refractivity contribution in [2.75, 3.05) is 17.2 Å². The summed E-state index contributed by atoms with van der Waals surface area (Å²) in [7, 11) is 0. The zero-order valence-corrected chi connectivity index (χ0v) is 12.0. The van der Waals surface area contributed by atoms with Crippen molar-refractivity contribution in [1.82, 2.24) is 9.97 Å². The largest absolute Gasteiger partial charge is 0.370 e. The molecule has 0 fully saturated rings. The maximum atomic E-state index is 13.5. The number of anilines is 3. The van der Waals surface area contributed by atoms with Gasteiger partial charge in [-0.2, -0.15) is 0 Å². The molecule has 0 atom stereocenters. The van der Waals surface area contributed by atoms with Crippen LogP contribution in [0.3, 0.4) is 0 Å². The Morgan fingerprint density at radius 3 is 2.60 bits per heavy atom. The Morgan fingerprint density at radius 2 is 1.85 bits per heavy atom. The fourth-order valence-electron chi connectivity index (χ4n) is 1.87. The van der Waals surface area contributed by atoms with E-state index in [1.165, 1.54) is 12.4 Å². The molecule has 2 N–H and O–H groups in total. The molecule has 4 nitrogen and oxygen atoms in total. The first-order chi connectivity index (χ1) is 9.63. The number of benzene rings is 1. The lowest BCUT2D eigenvalue weighted by Crippen LogP contribution is -2.07. The Kier molecular flexibility index (Phi) is 4.50. The van der Waals surface area contributed by atoms with Crippen molar-refractivity contribution < 1.29 is 4.39 Å². The fraction of sp³-hybridized carbons (Fsp3) is 0.333. The van der Waals surface area contributed by atoms with Crippen LogP contribution in [0.4, 0.5) is 21.7 Å². The molecule has 0 amide bonds. The molecule has 5 heteroatoms. The number of hydrogen-bond donors (Lipinski definition) is 2. The van der Waals surface area contributed by atoms with Crippen molar-refractivity contribution in [2.45, 2.75) is 27.2 Å². The second kappa shape index (κ2) is 6.32. The average Bonchev–Trinajstić information content (AvgIpc) is 2.44. The number of hydrogen-bond acceptors (Lipinski definition) is 4. The van der Waals surface area contributed by atoms with Crippen molar-refractivity contribution in [3.8, 4) is 0 Å². The summed E-state index contributed by atoms with van der Waals surface area (Å²) in [5.74, 6) is 1.26. The molecule has 0 saturated heterocycles. The van der Waals surface area contributed by atoms with E-state index in [1.54, 1.807) is 13.0 Å². The van der Waals surface area contributed by atoms with E-state index in [-0.39, 0.29) is 5.82 Å². The van der Waals surface area contributed by atoms with Gasteiger partial charge in [-0.25, -0.2) is 14.4 Å². The van der Waals surface area contributed by atoms with Crippen LogP contribution in [0.5, 0.6) is 0 Å². The third-order valence-corrected chi connectivity index (χ3v) is 3.15. The average molecular weight is 274 g/mol. The Hall–Kier alpha value is -2.17. The highest BCUT2D eigenvalue weighted by Crippen LogP contribution is 2.25. The Labute approximate surface area is 118 Å². The molecule has 1 aromatic heterocycles. The Balaban J connectivity index is 2.27. The molecule has 0 unspecified atom stereocenters. The zero-order chi connectivity index (χ0) is 14.5. The number of nitrogens with zero attached hydrogens (tertiary/aromatic N) is 2. The molecule has 0 spiro atoms. The molecular weight excluding hydrogens is 255 g/mol. The highest BCUT2D eigenvalue weighted by Gasteiger charge is 2.09. The van der Waals surface area contributed by atoms with Crippen LogP contribution in [-0.4, -0.2) is 16.5 Å². The van der Waals surface area contributed by atoms with Gasteiger partial charge in [0.1, 0.15) is 23.8 Å². The van der Waals surface area contributed by atoms with Gasteiger partial charge in [0.25, 0.3) is 0 Å². The van der Waals surface area contributed by atoms with Crippen LogP contribution >= 0.6 is 0 Å². The summed E-state index contributed by atoms with van der Waals surface area (Å²) in [5, 5.41) is 6.42. The predicted molar refractivity (Wildman–Crippen MR) is 80.0 cm³/mol. The van der Waals surface area contributed by atoms with E-state index in [2.05, 4.69) is 27.5 Å². The van der Waals surface area contributed by atoms with Gasteiger partial charge < -0.3 is 10.6 Å². The van der Waals surface area contributed by atoms with Gasteiger partial charge in [-0.1, -0.05) is 13.0 Å². The van der Waals surface area contributed by atoms with E-state index < -0.39 is 0 Å². The lowest BCUT2D eigenvalue weighted by Gasteiger charge is -2.14. The molecule has 106 valence electrons. The first kappa shape index (κ1) is 14.2. The van der Waals surface area contributed by atoms with Crippen LogP contribution in [-0.2, 0) is 0 Å². The fourth-order valence-corrected chi connectivity index (χ4v) is 1.87. The number of aromatic nitrogens is 2. The van der Waals surface area contributed by atoms with E-state index in [4.69, 9.17) is 0 Å². The van der Waals surface area contributed by atoms with E-state index in [0.717, 1.165) is 24.3 Å². The number of rotatable bonds is 5. The normalized spacial score (nSPS) is 10.4. The minimum absolute atomic E-state index is 0.231. The summed E-state index contributed by atoms with van der Waals surface area (Å²) in [6.45, 7) is 6.63. The van der Waals surface area contributed by atoms with E-state index >= 15 is 0 Å². The first-order valence-electron chi connectivity index (χ1n) is 6.71. The summed E-state index contributed by atoms with van der Waals surface area (Å²) < 4.78 is 13.5. The highest BCUT2D eigenvalue weighted by molar-refractivity contribution is 5.66. The van der Waals surface area contributed by atoms with Crippen molar-refractivity contribution in [2.24, 2.45) is 0 Å². The van der Waals surface area contributed by atoms with E-state index in [0.29, 0.717) is 17.1 Å². The van der Waals surface area contributed by atoms with Gasteiger partial charge in [-0.3, -0.25) is 0 Å². The summed E-state index contributed by atoms with van der Waals surface area (Å²) in [6.07, 6.45) is 2.52. The maximum Gasteiger partial charge on any atom is 0.138 e. The third kappa shape index (κ3) is 3.04. The monoisotopic (exact) mass is 274 g/mol. The second-order valence-electron chi connectivity index (χ2n) is 4.66. The van der Waals surface area contributed by atoms with Gasteiger partial charge in [0.2, 0.25) is 0 Å². The molecule has 1 aromatic carbocycles. The zero-order valence-electron chi connectivity index (χ0n) is 12.0. The number of nitrogens with one attached hydrogen (secondary N) is 2. The summed E-state index contributed by atoms with van der Waals surface area (Å²) in [6, 6.07) is 4.96. The molecule has 0 saturated carbocycles. The summed E-state index contributed by atoms with van der Waals surface area (Å²) >= 11 is 0. The molecule has 1 heterocycles. The Bertz CT molecular complexity index is 598. The SMILES string of the molecule is CCCNc1ncnc(Nc2cccc(F)c2C)c1C. The maximum absolute atomic E-state index is 13.5. The highest BCUT2D eigenvalue weighted by atomic mass is 19.1. The second-order valence-corrected chi connectivity index (χ2v) is 4.66. The van der Waals surface area contributed by atoms with Crippen LogP contribution in [0, 0.1) is 19.7 Å². The van der Waals surface area contributed by atoms with Gasteiger partial charge in [-0.05, 0) is 32.4 Å². The van der Waals surface area contributed by atoms with Crippen LogP contribution in [0.1, 0.15) is 24.5 Å². The molecule has 0 aliphatic rings. The van der Waals surface area contributed by atoms with Crippen LogP contribution in [0.25, 0.3) is 0 Å². The lowest BCUT2D eigenvalue weighted by atomic mass is 10.2. The molecule has 2 aromatic rings. The smallest absolute Gasteiger partial charge is 0.138 e. The van der Waals surface area contributed by atoms with Crippen LogP contribution in [0.15, 0.2) is 24.5 Å². The first-order valence-corrected chi connectivity index (χ1v) is 6.71. The topological polar surface area (TPSA) is 49.8 Å². The standard InChI is InChI=1S/C15H19FN4/c1-4-8-17-14-11(3)15(19-9-18-14)20-13-7-5-6-12(16)10(13)2/h5-7,9H,4,8H2,1-3H3,(H2,17,18,19,20). The molecule has 2 rings (SSSR count). The molecule has 0 radical (unpaired) electrons. The van der Waals surface area contributed by atoms with Gasteiger partial charge >= 0.3 is 0 Å². The van der Waals surface area contributed by atoms with Crippen molar-refractivity contribution in [3.05, 3.63) is 41.5 Å². The molecular formula is C15H19FN4. The lowest BCUT2D eigenvalue weighted by molar-refractivity contribution is 0.619. The third-order valence-electron chi connectivity index (χ3n) is 3.15. The summed E-state index contributed by atoms with van der Waals surface area (Å²) in [5.41, 5.74) is 2.21. The van der Waals surface area contributed by atoms with Gasteiger partial charge in [0, 0.05) is 23.4 Å². The van der Waals surface area contributed by atoms with Gasteiger partial charge in [-0.15, -0.1) is 0 Å². The predicted octanol–water partition coefficient (Wildman–Crippen LogP) is 3.80. The summed E-state index contributed by atoms with van der Waals surface area (Å²) in [4.78, 5) is 8.45. The van der Waals surface area contributed by atoms with Crippen LogP contribution < -0.4 is 10.6 Å². The van der Waals surface area contributed by atoms with Crippen LogP contribution in [0.2, 0.25) is 0 Å². The van der Waals surface area contributed by atoms with Gasteiger partial charge in [0.05, 0.1) is 0 Å². The molecule has 0 bridgehead atoms. The minimum atomic E-state index is -0.231. The van der Waals surface area contributed by atoms with E-state index in [1.807, 2.05) is 13.0 Å². The van der Waals surface area contributed by atoms with E-state index in [9.17, 15) is 4.39 Å².